The Balaban J connectivity index is 1.86. The first-order chi connectivity index (χ1) is 10.0. The molecule has 1 aromatic heterocycles. The number of aromatic nitrogens is 1. The first-order valence-electron chi connectivity index (χ1n) is 6.96. The molecular formula is C15H17F3N2O. The van der Waals surface area contributed by atoms with Crippen molar-refractivity contribution in [3.63, 3.8) is 0 Å². The number of nitrogens with zero attached hydrogens (tertiary/aromatic N) is 2. The Morgan fingerprint density at radius 1 is 1.10 bits per heavy atom. The fourth-order valence-electron chi connectivity index (χ4n) is 2.76. The van der Waals surface area contributed by atoms with E-state index in [0.29, 0.717) is 18.7 Å². The second kappa shape index (κ2) is 5.69. The van der Waals surface area contributed by atoms with Crippen LogP contribution in [0.2, 0.25) is 0 Å². The van der Waals surface area contributed by atoms with E-state index in [1.54, 1.807) is 12.1 Å². The lowest BCUT2D eigenvalue weighted by molar-refractivity contribution is -0.139. The minimum Gasteiger partial charge on any atom is -0.379 e. The van der Waals surface area contributed by atoms with Crippen LogP contribution in [0.25, 0.3) is 10.9 Å². The Bertz CT molecular complexity index is 615. The van der Waals surface area contributed by atoms with Crippen LogP contribution in [0.15, 0.2) is 30.5 Å². The second-order valence-corrected chi connectivity index (χ2v) is 5.30. The van der Waals surface area contributed by atoms with Crippen LogP contribution < -0.4 is 0 Å². The average Bonchev–Trinajstić information content (AvgIpc) is 2.82. The number of morpholine rings is 1. The molecule has 0 radical (unpaired) electrons. The molecule has 1 aromatic carbocycles. The van der Waals surface area contributed by atoms with Crippen LogP contribution in [-0.4, -0.2) is 41.9 Å². The molecule has 0 atom stereocenters. The van der Waals surface area contributed by atoms with E-state index in [-0.39, 0.29) is 0 Å². The summed E-state index contributed by atoms with van der Waals surface area (Å²) in [6, 6.07) is 7.32. The summed E-state index contributed by atoms with van der Waals surface area (Å²) >= 11 is 0. The van der Waals surface area contributed by atoms with Gasteiger partial charge >= 0.3 is 6.18 Å². The smallest absolute Gasteiger partial charge is 0.379 e. The molecule has 2 aromatic rings. The van der Waals surface area contributed by atoms with E-state index < -0.39 is 12.7 Å². The predicted octanol–water partition coefficient (Wildman–Crippen LogP) is 3.04. The molecule has 0 spiro atoms. The SMILES string of the molecule is FC(F)(F)Cn1ccc2c(CN3CCOCC3)cccc21. The molecule has 0 aliphatic carbocycles. The molecule has 114 valence electrons. The van der Waals surface area contributed by atoms with Crippen LogP contribution in [0.4, 0.5) is 13.2 Å². The molecule has 0 amide bonds. The molecule has 0 saturated carbocycles. The van der Waals surface area contributed by atoms with Gasteiger partial charge in [0.05, 0.1) is 13.2 Å². The highest BCUT2D eigenvalue weighted by Gasteiger charge is 2.28. The first-order valence-corrected chi connectivity index (χ1v) is 6.96. The van der Waals surface area contributed by atoms with Crippen LogP contribution >= 0.6 is 0 Å². The van der Waals surface area contributed by atoms with Crippen molar-refractivity contribution >= 4 is 10.9 Å². The summed E-state index contributed by atoms with van der Waals surface area (Å²) in [7, 11) is 0. The van der Waals surface area contributed by atoms with Crippen molar-refractivity contribution < 1.29 is 17.9 Å². The molecule has 1 aliphatic heterocycles. The van der Waals surface area contributed by atoms with Gasteiger partial charge in [-0.25, -0.2) is 0 Å². The van der Waals surface area contributed by atoms with E-state index in [9.17, 15) is 13.2 Å². The molecule has 6 heteroatoms. The van der Waals surface area contributed by atoms with Gasteiger partial charge in [0.1, 0.15) is 6.54 Å². The normalized spacial score (nSPS) is 17.5. The molecule has 0 unspecified atom stereocenters. The van der Waals surface area contributed by atoms with Crippen molar-refractivity contribution in [3.05, 3.63) is 36.0 Å². The van der Waals surface area contributed by atoms with E-state index in [0.717, 1.165) is 30.6 Å². The fraction of sp³-hybridized carbons (Fsp3) is 0.467. The Morgan fingerprint density at radius 3 is 2.57 bits per heavy atom. The number of alkyl halides is 3. The van der Waals surface area contributed by atoms with Crippen molar-refractivity contribution in [2.45, 2.75) is 19.3 Å². The summed E-state index contributed by atoms with van der Waals surface area (Å²) < 4.78 is 44.3. The summed E-state index contributed by atoms with van der Waals surface area (Å²) in [6.07, 6.45) is -2.69. The monoisotopic (exact) mass is 298 g/mol. The molecule has 1 fully saturated rings. The third-order valence-corrected chi connectivity index (χ3v) is 3.75. The van der Waals surface area contributed by atoms with Gasteiger partial charge in [-0.1, -0.05) is 12.1 Å². The molecule has 0 bridgehead atoms. The molecule has 1 saturated heterocycles. The van der Waals surface area contributed by atoms with Crippen molar-refractivity contribution in [2.24, 2.45) is 0 Å². The van der Waals surface area contributed by atoms with Gasteiger partial charge in [-0.3, -0.25) is 4.90 Å². The van der Waals surface area contributed by atoms with E-state index in [1.807, 2.05) is 12.1 Å². The summed E-state index contributed by atoms with van der Waals surface area (Å²) in [6.45, 7) is 2.95. The standard InChI is InChI=1S/C15H17F3N2O/c16-15(17,18)11-20-5-4-13-12(2-1-3-14(13)20)10-19-6-8-21-9-7-19/h1-5H,6-11H2. The van der Waals surface area contributed by atoms with Gasteiger partial charge in [0.2, 0.25) is 0 Å². The number of hydrogen-bond donors (Lipinski definition) is 0. The highest BCUT2D eigenvalue weighted by molar-refractivity contribution is 5.83. The lowest BCUT2D eigenvalue weighted by Gasteiger charge is -2.26. The van der Waals surface area contributed by atoms with E-state index in [1.165, 1.54) is 10.8 Å². The largest absolute Gasteiger partial charge is 0.406 e. The maximum absolute atomic E-state index is 12.6. The number of halogens is 3. The van der Waals surface area contributed by atoms with Gasteiger partial charge in [0.15, 0.2) is 0 Å². The maximum Gasteiger partial charge on any atom is 0.406 e. The van der Waals surface area contributed by atoms with Crippen molar-refractivity contribution in [3.8, 4) is 0 Å². The zero-order chi connectivity index (χ0) is 14.9. The average molecular weight is 298 g/mol. The predicted molar refractivity (Wildman–Crippen MR) is 74.1 cm³/mol. The van der Waals surface area contributed by atoms with E-state index in [2.05, 4.69) is 4.90 Å². The summed E-state index contributed by atoms with van der Waals surface area (Å²) in [5, 5.41) is 0.897. The Kier molecular flexibility index (Phi) is 3.91. The Morgan fingerprint density at radius 2 is 1.86 bits per heavy atom. The molecule has 3 nitrogen and oxygen atoms in total. The molecule has 1 aliphatic rings. The first kappa shape index (κ1) is 14.4. The van der Waals surface area contributed by atoms with Crippen LogP contribution in [-0.2, 0) is 17.8 Å². The van der Waals surface area contributed by atoms with Crippen molar-refractivity contribution in [1.29, 1.82) is 0 Å². The quantitative estimate of drug-likeness (QED) is 0.866. The highest BCUT2D eigenvalue weighted by Crippen LogP contribution is 2.25. The van der Waals surface area contributed by atoms with Crippen LogP contribution in [0, 0.1) is 0 Å². The van der Waals surface area contributed by atoms with Gasteiger partial charge in [-0.15, -0.1) is 0 Å². The third kappa shape index (κ3) is 3.39. The number of benzene rings is 1. The maximum atomic E-state index is 12.6. The fourth-order valence-corrected chi connectivity index (χ4v) is 2.76. The summed E-state index contributed by atoms with van der Waals surface area (Å²) in [4.78, 5) is 2.26. The molecule has 21 heavy (non-hydrogen) atoms. The number of fused-ring (bicyclic) bond motifs is 1. The zero-order valence-electron chi connectivity index (χ0n) is 11.6. The lowest BCUT2D eigenvalue weighted by Crippen LogP contribution is -2.35. The molecular weight excluding hydrogens is 281 g/mol. The Labute approximate surface area is 120 Å². The van der Waals surface area contributed by atoms with Gasteiger partial charge in [0.25, 0.3) is 0 Å². The lowest BCUT2D eigenvalue weighted by atomic mass is 10.1. The zero-order valence-corrected chi connectivity index (χ0v) is 11.6. The van der Waals surface area contributed by atoms with Gasteiger partial charge in [-0.2, -0.15) is 13.2 Å². The van der Waals surface area contributed by atoms with Gasteiger partial charge < -0.3 is 9.30 Å². The molecule has 3 rings (SSSR count). The third-order valence-electron chi connectivity index (χ3n) is 3.75. The van der Waals surface area contributed by atoms with Crippen LogP contribution in [0.1, 0.15) is 5.56 Å². The van der Waals surface area contributed by atoms with E-state index >= 15 is 0 Å². The number of hydrogen-bond acceptors (Lipinski definition) is 2. The number of ether oxygens (including phenoxy) is 1. The minimum absolute atomic E-state index is 0.637. The Hall–Kier alpha value is -1.53. The molecule has 0 N–H and O–H groups in total. The van der Waals surface area contributed by atoms with Crippen LogP contribution in [0.3, 0.4) is 0 Å². The molecule has 2 heterocycles. The minimum atomic E-state index is -4.20. The highest BCUT2D eigenvalue weighted by atomic mass is 19.4. The number of rotatable bonds is 3. The van der Waals surface area contributed by atoms with Gasteiger partial charge in [0, 0.05) is 36.7 Å². The van der Waals surface area contributed by atoms with E-state index in [4.69, 9.17) is 4.74 Å². The topological polar surface area (TPSA) is 17.4 Å². The van der Waals surface area contributed by atoms with Crippen LogP contribution in [0.5, 0.6) is 0 Å². The van der Waals surface area contributed by atoms with Crippen molar-refractivity contribution in [1.82, 2.24) is 9.47 Å². The summed E-state index contributed by atoms with van der Waals surface area (Å²) in [5.41, 5.74) is 1.70. The van der Waals surface area contributed by atoms with Crippen molar-refractivity contribution in [2.75, 3.05) is 26.3 Å². The second-order valence-electron chi connectivity index (χ2n) is 5.30. The summed E-state index contributed by atoms with van der Waals surface area (Å²) in [5.74, 6) is 0. The van der Waals surface area contributed by atoms with Gasteiger partial charge in [-0.05, 0) is 17.7 Å².